The lowest BCUT2D eigenvalue weighted by Gasteiger charge is -2.10. The van der Waals surface area contributed by atoms with E-state index in [0.717, 1.165) is 22.6 Å². The van der Waals surface area contributed by atoms with E-state index in [1.807, 2.05) is 12.1 Å². The Kier molecular flexibility index (Phi) is 5.87. The van der Waals surface area contributed by atoms with Gasteiger partial charge < -0.3 is 14.9 Å². The molecule has 0 radical (unpaired) electrons. The van der Waals surface area contributed by atoms with Crippen molar-refractivity contribution in [3.8, 4) is 33.6 Å². The highest BCUT2D eigenvalue weighted by Crippen LogP contribution is 2.38. The molecule has 0 saturated carbocycles. The van der Waals surface area contributed by atoms with Crippen LogP contribution in [0.3, 0.4) is 0 Å². The van der Waals surface area contributed by atoms with Gasteiger partial charge in [-0.05, 0) is 95.9 Å². The van der Waals surface area contributed by atoms with Crippen LogP contribution in [-0.4, -0.2) is 9.13 Å². The van der Waals surface area contributed by atoms with Crippen LogP contribution in [-0.2, 0) is 0 Å². The fourth-order valence-corrected chi connectivity index (χ4v) is 7.03. The van der Waals surface area contributed by atoms with Gasteiger partial charge in [0.2, 0.25) is 0 Å². The lowest BCUT2D eigenvalue weighted by Crippen LogP contribution is -1.96. The number of nitrogens with zero attached hydrogens (tertiary/aromatic N) is 2. The number of hydrogen-bond acceptors (Lipinski definition) is 1. The van der Waals surface area contributed by atoms with Crippen LogP contribution >= 0.6 is 0 Å². The molecule has 46 heavy (non-hydrogen) atoms. The molecular formula is C43H31N3. The summed E-state index contributed by atoms with van der Waals surface area (Å²) < 4.78 is 4.74. The van der Waals surface area contributed by atoms with Crippen LogP contribution in [0.4, 0.5) is 5.69 Å². The van der Waals surface area contributed by atoms with Gasteiger partial charge in [0.1, 0.15) is 0 Å². The van der Waals surface area contributed by atoms with Crippen molar-refractivity contribution in [1.82, 2.24) is 9.13 Å². The van der Waals surface area contributed by atoms with E-state index in [2.05, 4.69) is 162 Å². The van der Waals surface area contributed by atoms with Crippen molar-refractivity contribution in [2.75, 3.05) is 5.73 Å². The van der Waals surface area contributed by atoms with Crippen molar-refractivity contribution >= 4 is 49.3 Å². The topological polar surface area (TPSA) is 35.9 Å². The summed E-state index contributed by atoms with van der Waals surface area (Å²) in [7, 11) is 0. The van der Waals surface area contributed by atoms with Gasteiger partial charge in [0.05, 0.1) is 22.1 Å². The van der Waals surface area contributed by atoms with E-state index in [4.69, 9.17) is 5.73 Å². The molecule has 0 saturated heterocycles. The van der Waals surface area contributed by atoms with Crippen LogP contribution < -0.4 is 5.73 Å². The molecular weight excluding hydrogens is 558 g/mol. The van der Waals surface area contributed by atoms with Gasteiger partial charge in [-0.2, -0.15) is 0 Å². The Morgan fingerprint density at radius 1 is 0.370 bits per heavy atom. The number of para-hydroxylation sites is 2. The summed E-state index contributed by atoms with van der Waals surface area (Å²) in [6.45, 7) is 2.12. The second-order valence-corrected chi connectivity index (χ2v) is 12.2. The number of nitrogen functional groups attached to an aromatic ring is 1. The Morgan fingerprint density at radius 3 is 1.43 bits per heavy atom. The fourth-order valence-electron chi connectivity index (χ4n) is 7.03. The molecule has 0 unspecified atom stereocenters. The lowest BCUT2D eigenvalue weighted by molar-refractivity contribution is 1.17. The first-order valence-corrected chi connectivity index (χ1v) is 15.7. The average molecular weight is 590 g/mol. The van der Waals surface area contributed by atoms with Crippen LogP contribution in [0.25, 0.3) is 77.2 Å². The van der Waals surface area contributed by atoms with E-state index in [0.29, 0.717) is 0 Å². The van der Waals surface area contributed by atoms with Gasteiger partial charge >= 0.3 is 0 Å². The van der Waals surface area contributed by atoms with E-state index in [1.54, 1.807) is 0 Å². The molecule has 0 spiro atoms. The molecule has 0 atom stereocenters. The molecule has 0 aliphatic heterocycles. The number of aromatic nitrogens is 2. The maximum absolute atomic E-state index is 6.10. The summed E-state index contributed by atoms with van der Waals surface area (Å²) in [5, 5.41) is 4.96. The van der Waals surface area contributed by atoms with Crippen LogP contribution in [0.2, 0.25) is 0 Å². The number of aryl methyl sites for hydroxylation is 1. The Labute approximate surface area is 267 Å². The normalized spacial score (nSPS) is 11.7. The molecule has 2 heterocycles. The maximum Gasteiger partial charge on any atom is 0.0542 e. The average Bonchev–Trinajstić information content (AvgIpc) is 3.61. The van der Waals surface area contributed by atoms with E-state index in [-0.39, 0.29) is 0 Å². The molecule has 0 amide bonds. The highest BCUT2D eigenvalue weighted by molar-refractivity contribution is 6.13. The third-order valence-corrected chi connectivity index (χ3v) is 9.34. The Bertz CT molecular complexity index is 2510. The van der Waals surface area contributed by atoms with Crippen molar-refractivity contribution in [3.63, 3.8) is 0 Å². The Morgan fingerprint density at radius 2 is 0.804 bits per heavy atom. The molecule has 218 valence electrons. The SMILES string of the molecule is Cc1ccc(-c2ccc(-c3ccc4c(c3)c3cc(-n5c6ccccc6c6ccccc65)ccc3n4-c3ccc(N)cc3)cc2)cc1. The van der Waals surface area contributed by atoms with E-state index >= 15 is 0 Å². The Balaban J connectivity index is 1.26. The van der Waals surface area contributed by atoms with Crippen molar-refractivity contribution < 1.29 is 0 Å². The number of anilines is 1. The van der Waals surface area contributed by atoms with Crippen molar-refractivity contribution in [1.29, 1.82) is 0 Å². The number of benzene rings is 7. The quantitative estimate of drug-likeness (QED) is 0.204. The van der Waals surface area contributed by atoms with Crippen molar-refractivity contribution in [3.05, 3.63) is 163 Å². The van der Waals surface area contributed by atoms with E-state index in [1.165, 1.54) is 65.9 Å². The molecule has 7 aromatic carbocycles. The number of nitrogens with two attached hydrogens (primary N) is 1. The molecule has 9 aromatic rings. The highest BCUT2D eigenvalue weighted by atomic mass is 15.0. The molecule has 0 fully saturated rings. The zero-order valence-corrected chi connectivity index (χ0v) is 25.5. The van der Waals surface area contributed by atoms with E-state index in [9.17, 15) is 0 Å². The largest absolute Gasteiger partial charge is 0.399 e. The molecule has 3 nitrogen and oxygen atoms in total. The minimum atomic E-state index is 0.759. The lowest BCUT2D eigenvalue weighted by atomic mass is 9.98. The third kappa shape index (κ3) is 4.13. The number of rotatable bonds is 4. The zero-order chi connectivity index (χ0) is 30.8. The third-order valence-electron chi connectivity index (χ3n) is 9.34. The Hall–Kier alpha value is -6.06. The van der Waals surface area contributed by atoms with Gasteiger partial charge in [0.25, 0.3) is 0 Å². The first-order valence-electron chi connectivity index (χ1n) is 15.7. The molecule has 9 rings (SSSR count). The second kappa shape index (κ2) is 10.3. The van der Waals surface area contributed by atoms with Crippen LogP contribution in [0, 0.1) is 6.92 Å². The first kappa shape index (κ1) is 26.4. The number of fused-ring (bicyclic) bond motifs is 6. The minimum Gasteiger partial charge on any atom is -0.399 e. The van der Waals surface area contributed by atoms with E-state index < -0.39 is 0 Å². The molecule has 0 aliphatic carbocycles. The van der Waals surface area contributed by atoms with Crippen molar-refractivity contribution in [2.45, 2.75) is 6.92 Å². The smallest absolute Gasteiger partial charge is 0.0542 e. The summed E-state index contributed by atoms with van der Waals surface area (Å²) in [5.41, 5.74) is 20.0. The summed E-state index contributed by atoms with van der Waals surface area (Å²) in [5.74, 6) is 0. The molecule has 2 N–H and O–H groups in total. The van der Waals surface area contributed by atoms with Crippen LogP contribution in [0.1, 0.15) is 5.56 Å². The molecule has 0 bridgehead atoms. The summed E-state index contributed by atoms with van der Waals surface area (Å²) >= 11 is 0. The van der Waals surface area contributed by atoms with Gasteiger partial charge in [-0.1, -0.05) is 96.6 Å². The predicted molar refractivity (Wildman–Crippen MR) is 195 cm³/mol. The van der Waals surface area contributed by atoms with Crippen LogP contribution in [0.15, 0.2) is 158 Å². The summed E-state index contributed by atoms with van der Waals surface area (Å²) in [4.78, 5) is 0. The molecule has 2 aromatic heterocycles. The second-order valence-electron chi connectivity index (χ2n) is 12.2. The zero-order valence-electron chi connectivity index (χ0n) is 25.5. The van der Waals surface area contributed by atoms with Gasteiger partial charge in [-0.3, -0.25) is 0 Å². The standard InChI is InChI=1S/C43H31N3/c1-28-10-12-29(13-11-28)30-14-16-31(17-15-30)32-18-24-42-38(26-32)39-27-35(23-25-43(39)45(42)34-21-19-33(44)20-22-34)46-40-8-4-2-6-36(40)37-7-3-5-9-41(37)46/h2-27H,44H2,1H3. The fraction of sp³-hybridized carbons (Fsp3) is 0.0233. The van der Waals surface area contributed by atoms with Gasteiger partial charge in [-0.15, -0.1) is 0 Å². The predicted octanol–water partition coefficient (Wildman–Crippen LogP) is 11.1. The monoisotopic (exact) mass is 589 g/mol. The van der Waals surface area contributed by atoms with Gasteiger partial charge in [0.15, 0.2) is 0 Å². The summed E-state index contributed by atoms with van der Waals surface area (Å²) in [6, 6.07) is 56.9. The molecule has 3 heteroatoms. The van der Waals surface area contributed by atoms with Gasteiger partial charge in [0, 0.05) is 38.6 Å². The maximum atomic E-state index is 6.10. The summed E-state index contributed by atoms with van der Waals surface area (Å²) in [6.07, 6.45) is 0. The van der Waals surface area contributed by atoms with Gasteiger partial charge in [-0.25, -0.2) is 0 Å². The van der Waals surface area contributed by atoms with Crippen molar-refractivity contribution in [2.24, 2.45) is 0 Å². The van der Waals surface area contributed by atoms with Crippen LogP contribution in [0.5, 0.6) is 0 Å². The number of hydrogen-bond donors (Lipinski definition) is 1. The highest BCUT2D eigenvalue weighted by Gasteiger charge is 2.17. The molecule has 0 aliphatic rings. The first-order chi connectivity index (χ1) is 22.6. The minimum absolute atomic E-state index is 0.759.